The fourth-order valence-corrected chi connectivity index (χ4v) is 1.72. The number of thioether (sulfide) groups is 1. The van der Waals surface area contributed by atoms with Crippen molar-refractivity contribution in [2.45, 2.75) is 17.3 Å². The highest BCUT2D eigenvalue weighted by atomic mass is 32.2. The maximum atomic E-state index is 13.1. The smallest absolute Gasteiger partial charge is 0.258 e. The summed E-state index contributed by atoms with van der Waals surface area (Å²) >= 11 is -0.516. The predicted molar refractivity (Wildman–Crippen MR) is 49.7 cm³/mol. The van der Waals surface area contributed by atoms with Gasteiger partial charge in [0.15, 0.2) is 0 Å². The monoisotopic (exact) mass is 255 g/mol. The van der Waals surface area contributed by atoms with Crippen LogP contribution >= 0.6 is 11.8 Å². The number of halogens is 4. The average molecular weight is 255 g/mol. The first-order valence-electron chi connectivity index (χ1n) is 3.91. The van der Waals surface area contributed by atoms with E-state index in [-0.39, 0.29) is 5.56 Å². The summed E-state index contributed by atoms with van der Waals surface area (Å²) in [4.78, 5) is 8.91. The molecule has 16 heavy (non-hydrogen) atoms. The van der Waals surface area contributed by atoms with E-state index in [1.165, 1.54) is 6.92 Å². The van der Waals surface area contributed by atoms with Crippen molar-refractivity contribution in [3.8, 4) is 0 Å². The van der Waals surface area contributed by atoms with Gasteiger partial charge in [-0.05, 0) is 30.3 Å². The first-order valence-corrected chi connectivity index (χ1v) is 4.72. The number of nitrogens with zero attached hydrogens (tertiary/aromatic N) is 1. The third-order valence-electron chi connectivity index (χ3n) is 1.64. The van der Waals surface area contributed by atoms with Crippen molar-refractivity contribution in [2.75, 3.05) is 0 Å². The summed E-state index contributed by atoms with van der Waals surface area (Å²) in [6, 6.07) is 1.49. The van der Waals surface area contributed by atoms with Gasteiger partial charge in [0, 0.05) is 11.0 Å². The second kappa shape index (κ2) is 4.28. The molecule has 0 spiro atoms. The van der Waals surface area contributed by atoms with E-state index in [4.69, 9.17) is 0 Å². The van der Waals surface area contributed by atoms with E-state index in [1.54, 1.807) is 0 Å². The lowest BCUT2D eigenvalue weighted by molar-refractivity contribution is -0.387. The zero-order valence-electron chi connectivity index (χ0n) is 7.84. The highest BCUT2D eigenvalue weighted by molar-refractivity contribution is 8.00. The molecule has 0 saturated carbocycles. The van der Waals surface area contributed by atoms with E-state index in [1.807, 2.05) is 0 Å². The Hall–Kier alpha value is -1.31. The third kappa shape index (κ3) is 3.09. The van der Waals surface area contributed by atoms with E-state index in [9.17, 15) is 27.7 Å². The van der Waals surface area contributed by atoms with Crippen LogP contribution in [0.4, 0.5) is 23.2 Å². The van der Waals surface area contributed by atoms with Crippen LogP contribution in [0.25, 0.3) is 0 Å². The van der Waals surface area contributed by atoms with Gasteiger partial charge in [-0.15, -0.1) is 0 Å². The molecule has 0 bridgehead atoms. The van der Waals surface area contributed by atoms with Crippen LogP contribution < -0.4 is 0 Å². The minimum Gasteiger partial charge on any atom is -0.258 e. The van der Waals surface area contributed by atoms with Gasteiger partial charge in [-0.1, -0.05) is 0 Å². The summed E-state index contributed by atoms with van der Waals surface area (Å²) in [7, 11) is 0. The van der Waals surface area contributed by atoms with E-state index in [2.05, 4.69) is 0 Å². The number of hydrogen-bond acceptors (Lipinski definition) is 3. The molecular formula is C8H5F4NO2S. The molecule has 88 valence electrons. The molecule has 1 rings (SSSR count). The molecule has 1 aromatic rings. The van der Waals surface area contributed by atoms with Gasteiger partial charge in [-0.3, -0.25) is 10.1 Å². The number of aryl methyl sites for hydroxylation is 1. The lowest BCUT2D eigenvalue weighted by Crippen LogP contribution is -2.01. The van der Waals surface area contributed by atoms with Crippen molar-refractivity contribution in [1.82, 2.24) is 0 Å². The molecule has 0 aromatic heterocycles. The molecule has 0 radical (unpaired) electrons. The molecule has 0 aliphatic heterocycles. The first kappa shape index (κ1) is 12.8. The Kier molecular flexibility index (Phi) is 3.41. The van der Waals surface area contributed by atoms with Crippen molar-refractivity contribution >= 4 is 17.4 Å². The Balaban J connectivity index is 3.19. The number of alkyl halides is 3. The van der Waals surface area contributed by atoms with Crippen molar-refractivity contribution in [1.29, 1.82) is 0 Å². The lowest BCUT2D eigenvalue weighted by atomic mass is 10.2. The summed E-state index contributed by atoms with van der Waals surface area (Å²) in [6.45, 7) is 1.17. The quantitative estimate of drug-likeness (QED) is 0.350. The van der Waals surface area contributed by atoms with E-state index in [0.29, 0.717) is 6.07 Å². The molecular weight excluding hydrogens is 250 g/mol. The molecule has 0 heterocycles. The Morgan fingerprint density at radius 2 is 1.94 bits per heavy atom. The molecule has 0 aliphatic carbocycles. The molecule has 0 atom stereocenters. The lowest BCUT2D eigenvalue weighted by Gasteiger charge is -2.06. The topological polar surface area (TPSA) is 43.1 Å². The van der Waals surface area contributed by atoms with Gasteiger partial charge >= 0.3 is 11.2 Å². The zero-order valence-corrected chi connectivity index (χ0v) is 8.66. The van der Waals surface area contributed by atoms with Crippen LogP contribution in [0, 0.1) is 22.9 Å². The molecule has 3 nitrogen and oxygen atoms in total. The minimum absolute atomic E-state index is 0.194. The predicted octanol–water partition coefficient (Wildman–Crippen LogP) is 3.65. The molecule has 0 amide bonds. The maximum absolute atomic E-state index is 13.1. The largest absolute Gasteiger partial charge is 0.446 e. The zero-order chi connectivity index (χ0) is 12.5. The molecule has 8 heteroatoms. The fraction of sp³-hybridized carbons (Fsp3) is 0.250. The average Bonchev–Trinajstić information content (AvgIpc) is 2.07. The SMILES string of the molecule is Cc1cc(SC(F)(F)F)cc([N+](=O)[O-])c1F. The molecule has 0 N–H and O–H groups in total. The van der Waals surface area contributed by atoms with Crippen molar-refractivity contribution in [2.24, 2.45) is 0 Å². The van der Waals surface area contributed by atoms with Crippen molar-refractivity contribution in [3.05, 3.63) is 33.6 Å². The van der Waals surface area contributed by atoms with Crippen LogP contribution in [0.15, 0.2) is 17.0 Å². The molecule has 1 aromatic carbocycles. The van der Waals surface area contributed by atoms with Crippen LogP contribution in [0.1, 0.15) is 5.56 Å². The van der Waals surface area contributed by atoms with Gasteiger partial charge in [-0.2, -0.15) is 17.6 Å². The second-order valence-electron chi connectivity index (χ2n) is 2.88. The summed E-state index contributed by atoms with van der Waals surface area (Å²) in [5.74, 6) is -1.11. The first-order chi connectivity index (χ1) is 7.20. The standard InChI is InChI=1S/C8H5F4NO2S/c1-4-2-5(16-8(10,11)12)3-6(7(4)9)13(14)15/h2-3H,1H3. The number of rotatable bonds is 2. The van der Waals surface area contributed by atoms with E-state index >= 15 is 0 Å². The summed E-state index contributed by atoms with van der Waals surface area (Å²) in [5.41, 5.74) is -5.70. The highest BCUT2D eigenvalue weighted by Gasteiger charge is 2.31. The molecule has 0 unspecified atom stereocenters. The Bertz CT molecular complexity index is 433. The number of hydrogen-bond donors (Lipinski definition) is 0. The van der Waals surface area contributed by atoms with Gasteiger partial charge in [0.1, 0.15) is 0 Å². The van der Waals surface area contributed by atoms with Crippen LogP contribution in [0.2, 0.25) is 0 Å². The highest BCUT2D eigenvalue weighted by Crippen LogP contribution is 2.39. The molecule has 0 fully saturated rings. The Morgan fingerprint density at radius 3 is 2.38 bits per heavy atom. The van der Waals surface area contributed by atoms with E-state index in [0.717, 1.165) is 6.07 Å². The molecule has 0 aliphatic rings. The van der Waals surface area contributed by atoms with Gasteiger partial charge in [-0.25, -0.2) is 0 Å². The Labute approximate surface area is 91.6 Å². The molecule has 0 saturated heterocycles. The number of nitro benzene ring substituents is 1. The number of nitro groups is 1. The normalized spacial score (nSPS) is 11.6. The van der Waals surface area contributed by atoms with Gasteiger partial charge in [0.05, 0.1) is 4.92 Å². The van der Waals surface area contributed by atoms with E-state index < -0.39 is 38.6 Å². The van der Waals surface area contributed by atoms with Crippen molar-refractivity contribution < 1.29 is 22.5 Å². The van der Waals surface area contributed by atoms with Crippen molar-refractivity contribution in [3.63, 3.8) is 0 Å². The summed E-state index contributed by atoms with van der Waals surface area (Å²) < 4.78 is 49.2. The van der Waals surface area contributed by atoms with Crippen LogP contribution in [-0.4, -0.2) is 10.4 Å². The second-order valence-corrected chi connectivity index (χ2v) is 4.02. The van der Waals surface area contributed by atoms with Crippen LogP contribution in [-0.2, 0) is 0 Å². The fourth-order valence-electron chi connectivity index (χ4n) is 1.04. The van der Waals surface area contributed by atoms with Gasteiger partial charge in [0.25, 0.3) is 0 Å². The van der Waals surface area contributed by atoms with Gasteiger partial charge < -0.3 is 0 Å². The number of benzene rings is 1. The summed E-state index contributed by atoms with van der Waals surface area (Å²) in [6.07, 6.45) is 0. The third-order valence-corrected chi connectivity index (χ3v) is 2.34. The summed E-state index contributed by atoms with van der Waals surface area (Å²) in [5, 5.41) is 10.4. The van der Waals surface area contributed by atoms with Crippen LogP contribution in [0.3, 0.4) is 0 Å². The van der Waals surface area contributed by atoms with Crippen LogP contribution in [0.5, 0.6) is 0 Å². The minimum atomic E-state index is -4.56. The Morgan fingerprint density at radius 1 is 1.38 bits per heavy atom. The van der Waals surface area contributed by atoms with Gasteiger partial charge in [0.2, 0.25) is 5.82 Å². The maximum Gasteiger partial charge on any atom is 0.446 e.